The van der Waals surface area contributed by atoms with Gasteiger partial charge < -0.3 is 73.1 Å². The van der Waals surface area contributed by atoms with Crippen LogP contribution in [-0.2, 0) is 53.1 Å². The molecular weight excluding hydrogens is 772 g/mol. The monoisotopic (exact) mass is 824 g/mol. The van der Waals surface area contributed by atoms with Gasteiger partial charge in [-0.15, -0.1) is 0 Å². The van der Waals surface area contributed by atoms with E-state index >= 15 is 0 Å². The number of halogens is 3. The first-order chi connectivity index (χ1) is 27.1. The van der Waals surface area contributed by atoms with E-state index in [1.54, 1.807) is 32.0 Å². The largest absolute Gasteiger partial charge is 0.492 e. The quantitative estimate of drug-likeness (QED) is 0.0831. The summed E-state index contributed by atoms with van der Waals surface area (Å²) >= 11 is 0. The van der Waals surface area contributed by atoms with E-state index < -0.39 is 115 Å². The van der Waals surface area contributed by atoms with Crippen LogP contribution < -0.4 is 39.0 Å². The second-order valence-corrected chi connectivity index (χ2v) is 15.7. The highest BCUT2D eigenvalue weighted by atomic mass is 19.4. The number of aliphatic hydroxyl groups excluding tert-OH is 4. The fourth-order valence-corrected chi connectivity index (χ4v) is 7.38. The van der Waals surface area contributed by atoms with Crippen molar-refractivity contribution in [3.63, 3.8) is 0 Å². The number of alkyl halides is 3. The Bertz CT molecular complexity index is 1780. The Labute approximate surface area is 332 Å². The molecule has 21 heteroatoms. The van der Waals surface area contributed by atoms with Crippen molar-refractivity contribution >= 4 is 30.2 Å². The summed E-state index contributed by atoms with van der Waals surface area (Å²) in [6, 6.07) is 3.67. The molecule has 2 aromatic rings. The Hall–Kier alpha value is -3.58. The number of carbonyl (C=O) groups excluding carboxylic acids is 3. The van der Waals surface area contributed by atoms with Crippen LogP contribution in [0.3, 0.4) is 0 Å². The third kappa shape index (κ3) is 10.6. The van der Waals surface area contributed by atoms with Crippen molar-refractivity contribution in [1.82, 2.24) is 10.6 Å². The molecule has 3 aliphatic rings. The molecule has 0 bridgehead atoms. The van der Waals surface area contributed by atoms with Crippen LogP contribution >= 0.6 is 0 Å². The zero-order valence-electron chi connectivity index (χ0n) is 31.9. The normalized spacial score (nSPS) is 30.6. The molecule has 2 aromatic carbocycles. The molecule has 1 saturated carbocycles. The summed E-state index contributed by atoms with van der Waals surface area (Å²) < 4.78 is 56.7. The molecule has 15 N–H and O–H groups in total. The second kappa shape index (κ2) is 18.4. The summed E-state index contributed by atoms with van der Waals surface area (Å²) in [6.45, 7) is 3.21. The molecule has 5 rings (SSSR count). The number of hydrogen-bond donors (Lipinski definition) is 11. The predicted molar refractivity (Wildman–Crippen MR) is 200 cm³/mol. The highest BCUT2D eigenvalue weighted by molar-refractivity contribution is 6.62. The van der Waals surface area contributed by atoms with Crippen molar-refractivity contribution in [3.8, 4) is 0 Å². The number of nitrogens with two attached hydrogens (primary N) is 4. The number of aliphatic hydroxyl groups is 4. The standard InChI is InChI=1S/C37H52BF3N6O11/c1-36(2)19-8-5-17(11-20(19)38(55)58-36)13-25(48)24(12-16-3-6-18(7-4-16)37(39,40)41)47-34(54)21(42)9-10-27(49)46-15-26-30(51)31(52)28(45)35(56-26)57-33-23(44)14-22(43)29(50)32(33)53/h3-8,11,21-24,26,28-33,35,50-53,55H,9-10,12-15,42-45H2,1-2H3,(H,46,49)(H,47,54)/t21-,22?,23?,24+,26?,28?,29?,30?,31?,32?,33?,35?/m0/s1. The van der Waals surface area contributed by atoms with E-state index in [-0.39, 0.29) is 38.6 Å². The lowest BCUT2D eigenvalue weighted by atomic mass is 9.77. The predicted octanol–water partition coefficient (Wildman–Crippen LogP) is -3.34. The lowest BCUT2D eigenvalue weighted by Gasteiger charge is -2.45. The van der Waals surface area contributed by atoms with Crippen molar-refractivity contribution < 1.29 is 67.1 Å². The van der Waals surface area contributed by atoms with Crippen LogP contribution in [0.1, 0.15) is 55.4 Å². The maximum atomic E-state index is 13.7. The fraction of sp³-hybridized carbons (Fsp3) is 0.595. The van der Waals surface area contributed by atoms with Gasteiger partial charge in [0, 0.05) is 31.5 Å². The average molecular weight is 825 g/mol. The van der Waals surface area contributed by atoms with Crippen LogP contribution in [0, 0.1) is 0 Å². The molecule has 0 aromatic heterocycles. The minimum Gasteiger partial charge on any atom is -0.423 e. The van der Waals surface area contributed by atoms with E-state index in [9.17, 15) is 53.0 Å². The van der Waals surface area contributed by atoms with Gasteiger partial charge in [-0.1, -0.05) is 30.3 Å². The number of ether oxygens (including phenoxy) is 2. The van der Waals surface area contributed by atoms with Gasteiger partial charge in [0.25, 0.3) is 0 Å². The molecule has 2 amide bonds. The summed E-state index contributed by atoms with van der Waals surface area (Å²) in [5, 5.41) is 57.4. The van der Waals surface area contributed by atoms with E-state index in [0.29, 0.717) is 16.6 Å². The van der Waals surface area contributed by atoms with E-state index in [1.165, 1.54) is 12.1 Å². The van der Waals surface area contributed by atoms with Gasteiger partial charge in [0.1, 0.15) is 30.5 Å². The van der Waals surface area contributed by atoms with Gasteiger partial charge in [-0.2, -0.15) is 13.2 Å². The molecule has 10 unspecified atom stereocenters. The first kappa shape index (κ1) is 45.5. The Morgan fingerprint density at radius 1 is 0.966 bits per heavy atom. The van der Waals surface area contributed by atoms with Crippen LogP contribution in [-0.4, -0.2) is 130 Å². The van der Waals surface area contributed by atoms with Crippen molar-refractivity contribution in [1.29, 1.82) is 0 Å². The molecule has 320 valence electrons. The van der Waals surface area contributed by atoms with Gasteiger partial charge in [0.05, 0.1) is 35.4 Å². The Balaban J connectivity index is 1.18. The summed E-state index contributed by atoms with van der Waals surface area (Å²) in [7, 11) is -1.22. The van der Waals surface area contributed by atoms with Crippen molar-refractivity contribution in [2.75, 3.05) is 6.54 Å². The first-order valence-corrected chi connectivity index (χ1v) is 18.9. The minimum atomic E-state index is -4.58. The van der Waals surface area contributed by atoms with E-state index in [4.69, 9.17) is 37.1 Å². The number of rotatable bonds is 14. The van der Waals surface area contributed by atoms with Gasteiger partial charge in [-0.05, 0) is 67.4 Å². The molecular formula is C37H52BF3N6O11. The zero-order valence-corrected chi connectivity index (χ0v) is 31.9. The highest BCUT2D eigenvalue weighted by Gasteiger charge is 2.48. The number of benzene rings is 2. The molecule has 58 heavy (non-hydrogen) atoms. The highest BCUT2D eigenvalue weighted by Crippen LogP contribution is 2.31. The topological polar surface area (TPSA) is 308 Å². The summed E-state index contributed by atoms with van der Waals surface area (Å²) in [5.74, 6) is -1.94. The number of amides is 2. The van der Waals surface area contributed by atoms with Gasteiger partial charge in [0.2, 0.25) is 11.8 Å². The minimum absolute atomic E-state index is 0.0988. The molecule has 12 atom stereocenters. The maximum absolute atomic E-state index is 13.7. The van der Waals surface area contributed by atoms with Gasteiger partial charge in [0.15, 0.2) is 12.1 Å². The van der Waals surface area contributed by atoms with E-state index in [0.717, 1.165) is 17.7 Å². The van der Waals surface area contributed by atoms with E-state index in [1.807, 2.05) is 0 Å². The lowest BCUT2D eigenvalue weighted by Crippen LogP contribution is -2.67. The molecule has 0 radical (unpaired) electrons. The molecule has 1 saturated heterocycles. The van der Waals surface area contributed by atoms with E-state index in [2.05, 4.69) is 10.6 Å². The van der Waals surface area contributed by atoms with Crippen molar-refractivity contribution in [3.05, 3.63) is 64.7 Å². The van der Waals surface area contributed by atoms with Crippen LogP contribution in [0.4, 0.5) is 13.2 Å². The average Bonchev–Trinajstić information content (AvgIpc) is 3.39. The first-order valence-electron chi connectivity index (χ1n) is 18.9. The maximum Gasteiger partial charge on any atom is 0.492 e. The smallest absolute Gasteiger partial charge is 0.423 e. The van der Waals surface area contributed by atoms with Crippen LogP contribution in [0.25, 0.3) is 0 Å². The zero-order chi connectivity index (χ0) is 42.9. The van der Waals surface area contributed by atoms with Crippen molar-refractivity contribution in [2.24, 2.45) is 22.9 Å². The number of Topliss-reactive ketones (excluding diaryl/α,β-unsaturated/α-hetero) is 1. The van der Waals surface area contributed by atoms with Crippen molar-refractivity contribution in [2.45, 2.75) is 131 Å². The third-order valence-corrected chi connectivity index (χ3v) is 10.9. The number of ketones is 1. The summed E-state index contributed by atoms with van der Waals surface area (Å²) in [4.78, 5) is 39.8. The van der Waals surface area contributed by atoms with Gasteiger partial charge >= 0.3 is 13.3 Å². The van der Waals surface area contributed by atoms with Gasteiger partial charge in [-0.25, -0.2) is 0 Å². The van der Waals surface area contributed by atoms with Crippen LogP contribution in [0.2, 0.25) is 0 Å². The molecule has 0 spiro atoms. The molecule has 2 heterocycles. The summed E-state index contributed by atoms with van der Waals surface area (Å²) in [6.07, 6.45) is -15.3. The number of fused-ring (bicyclic) bond motifs is 1. The summed E-state index contributed by atoms with van der Waals surface area (Å²) in [5.41, 5.74) is 24.4. The SMILES string of the molecule is CC1(C)OB(O)c2cc(CC(=O)[C@@H](Cc3ccc(C(F)(F)F)cc3)NC(=O)[C@@H](N)CCC(=O)NCC3OC(OC4C(N)CC(N)C(O)C4O)C(N)C(O)C3O)ccc21. The molecule has 2 fully saturated rings. The Morgan fingerprint density at radius 3 is 2.28 bits per heavy atom. The lowest BCUT2D eigenvalue weighted by molar-refractivity contribution is -0.288. The van der Waals surface area contributed by atoms with Gasteiger partial charge in [-0.3, -0.25) is 14.4 Å². The fourth-order valence-electron chi connectivity index (χ4n) is 7.38. The number of nitrogens with one attached hydrogen (secondary N) is 2. The molecule has 17 nitrogen and oxygen atoms in total. The van der Waals surface area contributed by atoms with Crippen LogP contribution in [0.15, 0.2) is 42.5 Å². The second-order valence-electron chi connectivity index (χ2n) is 15.7. The molecule has 1 aliphatic carbocycles. The number of hydrogen-bond acceptors (Lipinski definition) is 15. The van der Waals surface area contributed by atoms with Crippen LogP contribution in [0.5, 0.6) is 0 Å². The molecule has 2 aliphatic heterocycles. The Morgan fingerprint density at radius 2 is 1.62 bits per heavy atom. The number of carbonyl (C=O) groups is 3. The Kier molecular flexibility index (Phi) is 14.4. The third-order valence-electron chi connectivity index (χ3n) is 10.9.